The van der Waals surface area contributed by atoms with Gasteiger partial charge in [0.1, 0.15) is 24.3 Å². The van der Waals surface area contributed by atoms with Crippen molar-refractivity contribution in [1.82, 2.24) is 10.6 Å². The van der Waals surface area contributed by atoms with Crippen molar-refractivity contribution >= 4 is 58.7 Å². The molecule has 4 aromatic rings. The number of anilines is 2. The number of benzene rings is 4. The minimum absolute atomic E-state index is 0.0121. The lowest BCUT2D eigenvalue weighted by atomic mass is 10.00. The highest BCUT2D eigenvalue weighted by atomic mass is 16.6. The van der Waals surface area contributed by atoms with Crippen LogP contribution in [0.3, 0.4) is 0 Å². The summed E-state index contributed by atoms with van der Waals surface area (Å²) in [6.45, 7) is 9.33. The van der Waals surface area contributed by atoms with Crippen molar-refractivity contribution in [3.8, 4) is 45.3 Å². The highest BCUT2D eigenvalue weighted by Crippen LogP contribution is 2.46. The van der Waals surface area contributed by atoms with Crippen molar-refractivity contribution < 1.29 is 66.7 Å². The van der Waals surface area contributed by atoms with Gasteiger partial charge in [0.05, 0.1) is 65.2 Å². The molecule has 66 heavy (non-hydrogen) atoms. The molecule has 0 fully saturated rings. The van der Waals surface area contributed by atoms with Gasteiger partial charge in [-0.3, -0.25) is 29.8 Å². The van der Waals surface area contributed by atoms with Gasteiger partial charge < -0.3 is 48.5 Å². The van der Waals surface area contributed by atoms with Crippen LogP contribution in [0.4, 0.5) is 32.3 Å². The number of hydrogen-bond donors (Lipinski definition) is 4. The number of rotatable bonds is 16. The Bertz CT molecular complexity index is 2290. The van der Waals surface area contributed by atoms with Crippen molar-refractivity contribution in [1.29, 1.82) is 0 Å². The molecule has 0 aromatic heterocycles. The van der Waals surface area contributed by atoms with Gasteiger partial charge in [-0.25, -0.2) is 9.59 Å². The monoisotopic (exact) mass is 914 g/mol. The van der Waals surface area contributed by atoms with E-state index in [0.717, 1.165) is 0 Å². The summed E-state index contributed by atoms with van der Waals surface area (Å²) in [6, 6.07) is 15.9. The molecule has 0 aliphatic carbocycles. The van der Waals surface area contributed by atoms with Gasteiger partial charge in [-0.15, -0.1) is 10.2 Å². The Kier molecular flexibility index (Phi) is 17.0. The van der Waals surface area contributed by atoms with Gasteiger partial charge >= 0.3 is 24.1 Å². The summed E-state index contributed by atoms with van der Waals surface area (Å²) in [6.07, 6.45) is -1.59. The molecule has 0 atom stereocenters. The van der Waals surface area contributed by atoms with Crippen LogP contribution < -0.4 is 40.2 Å². The van der Waals surface area contributed by atoms with Gasteiger partial charge in [-0.1, -0.05) is 12.1 Å². The third-order valence-corrected chi connectivity index (χ3v) is 8.92. The molecule has 4 rings (SSSR count). The molecule has 0 spiro atoms. The first-order chi connectivity index (χ1) is 31.1. The summed E-state index contributed by atoms with van der Waals surface area (Å²) >= 11 is 0. The molecular weight excluding hydrogens is 861 g/mol. The number of carbonyl (C=O) groups excluding carboxylic acids is 6. The van der Waals surface area contributed by atoms with Gasteiger partial charge in [0.25, 0.3) is 11.8 Å². The number of nitrogens with one attached hydrogen (secondary N) is 4. The van der Waals surface area contributed by atoms with Gasteiger partial charge in [-0.2, -0.15) is 0 Å². The molecule has 0 aliphatic rings. The minimum Gasteiger partial charge on any atom is -0.494 e. The summed E-state index contributed by atoms with van der Waals surface area (Å²) in [5, 5.41) is 19.1. The minimum atomic E-state index is -0.818. The van der Waals surface area contributed by atoms with Crippen LogP contribution >= 0.6 is 0 Å². The molecule has 4 amide bonds. The Morgan fingerprint density at radius 1 is 0.470 bits per heavy atom. The number of ether oxygens (including phenoxy) is 8. The molecule has 352 valence electrons. The number of carbonyl (C=O) groups is 6. The summed E-state index contributed by atoms with van der Waals surface area (Å²) in [7, 11) is 8.06. The molecule has 0 aliphatic heterocycles. The van der Waals surface area contributed by atoms with E-state index in [0.29, 0.717) is 22.3 Å². The molecule has 20 nitrogen and oxygen atoms in total. The third-order valence-electron chi connectivity index (χ3n) is 8.92. The van der Waals surface area contributed by atoms with Gasteiger partial charge in [-0.05, 0) is 112 Å². The van der Waals surface area contributed by atoms with E-state index in [1.165, 1.54) is 66.9 Å². The first-order valence-corrected chi connectivity index (χ1v) is 20.1. The van der Waals surface area contributed by atoms with Crippen LogP contribution in [0.15, 0.2) is 70.9 Å². The van der Waals surface area contributed by atoms with E-state index in [4.69, 9.17) is 28.4 Å². The SMILES string of the molecule is COC(=O)CNC(=O)c1cc(-c2cc(OC)c(N=Nc3c(OC)cc(-c4ccc(NC(=O)OC(C)(C)C)c(C(=O)NCC(=O)OC)c4)cc3OC)c(OC)c2)ccc1NC(=O)OC(C)(C)C. The largest absolute Gasteiger partial charge is 0.494 e. The second-order valence-corrected chi connectivity index (χ2v) is 16.0. The fourth-order valence-corrected chi connectivity index (χ4v) is 5.93. The smallest absolute Gasteiger partial charge is 0.412 e. The predicted octanol–water partition coefficient (Wildman–Crippen LogP) is 7.97. The van der Waals surface area contributed by atoms with Gasteiger partial charge in [0.15, 0.2) is 34.4 Å². The Morgan fingerprint density at radius 2 is 0.788 bits per heavy atom. The Balaban J connectivity index is 1.77. The maximum absolute atomic E-state index is 13.4. The van der Waals surface area contributed by atoms with Crippen LogP contribution in [0.1, 0.15) is 62.3 Å². The van der Waals surface area contributed by atoms with Crippen molar-refractivity contribution in [2.24, 2.45) is 10.2 Å². The van der Waals surface area contributed by atoms with E-state index in [1.807, 2.05) is 0 Å². The number of nitrogens with zero attached hydrogens (tertiary/aromatic N) is 2. The van der Waals surface area contributed by atoms with Crippen molar-refractivity contribution in [2.75, 3.05) is 66.4 Å². The first kappa shape index (κ1) is 50.7. The molecular formula is C46H54N6O14. The Morgan fingerprint density at radius 3 is 1.06 bits per heavy atom. The van der Waals surface area contributed by atoms with Crippen molar-refractivity contribution in [2.45, 2.75) is 52.7 Å². The lowest BCUT2D eigenvalue weighted by Crippen LogP contribution is -2.32. The Labute approximate surface area is 381 Å². The van der Waals surface area contributed by atoms with Crippen LogP contribution in [-0.2, 0) is 28.5 Å². The second-order valence-electron chi connectivity index (χ2n) is 16.0. The van der Waals surface area contributed by atoms with Crippen molar-refractivity contribution in [3.63, 3.8) is 0 Å². The molecule has 4 aromatic carbocycles. The standard InChI is InChI=1S/C46H54N6O14/c1-45(2,3)65-43(57)49-31-15-13-25(17-29(31)41(55)47-23-37(53)63-11)27-19-33(59-7)39(34(20-27)60-8)51-52-40-35(61-9)21-28(22-36(40)62-10)26-14-16-32(50-44(58)66-46(4,5)6)30(18-26)42(56)48-24-38(54)64-12/h13-22H,23-24H2,1-12H3,(H,47,55)(H,48,56)(H,49,57)(H,50,58). The zero-order valence-electron chi connectivity index (χ0n) is 38.8. The highest BCUT2D eigenvalue weighted by molar-refractivity contribution is 6.06. The zero-order valence-corrected chi connectivity index (χ0v) is 38.8. The molecule has 0 saturated heterocycles. The number of esters is 2. The second kappa shape index (κ2) is 22.1. The molecule has 0 heterocycles. The number of azo groups is 1. The molecule has 20 heteroatoms. The van der Waals surface area contributed by atoms with E-state index in [2.05, 4.69) is 41.0 Å². The van der Waals surface area contributed by atoms with Gasteiger partial charge in [0.2, 0.25) is 0 Å². The van der Waals surface area contributed by atoms with Gasteiger partial charge in [0, 0.05) is 0 Å². The zero-order chi connectivity index (χ0) is 48.9. The molecule has 0 saturated carbocycles. The van der Waals surface area contributed by atoms with E-state index >= 15 is 0 Å². The van der Waals surface area contributed by atoms with Crippen molar-refractivity contribution in [3.05, 3.63) is 71.8 Å². The predicted molar refractivity (Wildman–Crippen MR) is 243 cm³/mol. The summed E-state index contributed by atoms with van der Waals surface area (Å²) in [5.74, 6) is -1.85. The summed E-state index contributed by atoms with van der Waals surface area (Å²) in [4.78, 5) is 75.9. The lowest BCUT2D eigenvalue weighted by molar-refractivity contribution is -0.140. The maximum Gasteiger partial charge on any atom is 0.412 e. The first-order valence-electron chi connectivity index (χ1n) is 20.1. The average molecular weight is 915 g/mol. The molecule has 0 unspecified atom stereocenters. The highest BCUT2D eigenvalue weighted by Gasteiger charge is 2.24. The number of hydrogen-bond acceptors (Lipinski definition) is 16. The molecule has 0 bridgehead atoms. The van der Waals surface area contributed by atoms with Crippen LogP contribution in [0.25, 0.3) is 22.3 Å². The fraction of sp³-hybridized carbons (Fsp3) is 0.348. The molecule has 0 radical (unpaired) electrons. The molecule has 4 N–H and O–H groups in total. The van der Waals surface area contributed by atoms with Crippen LogP contribution in [0.2, 0.25) is 0 Å². The van der Waals surface area contributed by atoms with E-state index < -0.39 is 60.2 Å². The lowest BCUT2D eigenvalue weighted by Gasteiger charge is -2.21. The summed E-state index contributed by atoms with van der Waals surface area (Å²) in [5.41, 5.74) is 0.967. The van der Waals surface area contributed by atoms with E-state index in [9.17, 15) is 28.8 Å². The quantitative estimate of drug-likeness (QED) is 0.0473. The van der Waals surface area contributed by atoms with Crippen LogP contribution in [0, 0.1) is 0 Å². The Hall–Kier alpha value is -7.90. The van der Waals surface area contributed by atoms with E-state index in [1.54, 1.807) is 77.9 Å². The average Bonchev–Trinajstić information content (AvgIpc) is 3.27. The number of methoxy groups -OCH3 is 6. The van der Waals surface area contributed by atoms with E-state index in [-0.39, 0.29) is 56.9 Å². The topological polar surface area (TPSA) is 249 Å². The van der Waals surface area contributed by atoms with Crippen LogP contribution in [-0.4, -0.2) is 103 Å². The fourth-order valence-electron chi connectivity index (χ4n) is 5.93. The third kappa shape index (κ3) is 13.8. The maximum atomic E-state index is 13.4. The van der Waals surface area contributed by atoms with Crippen LogP contribution in [0.5, 0.6) is 23.0 Å². The summed E-state index contributed by atoms with van der Waals surface area (Å²) < 4.78 is 43.0. The number of amides is 4. The normalized spacial score (nSPS) is 11.2.